The van der Waals surface area contributed by atoms with Crippen molar-refractivity contribution in [3.63, 3.8) is 0 Å². The second-order valence-electron chi connectivity index (χ2n) is 9.70. The molecule has 0 saturated heterocycles. The largest absolute Gasteiger partial charge is 0.364 e. The summed E-state index contributed by atoms with van der Waals surface area (Å²) in [5, 5.41) is 3.59. The van der Waals surface area contributed by atoms with E-state index in [9.17, 15) is 9.18 Å². The highest BCUT2D eigenvalue weighted by Gasteiger charge is 2.35. The molecule has 1 N–H and O–H groups in total. The van der Waals surface area contributed by atoms with Gasteiger partial charge >= 0.3 is 0 Å². The Morgan fingerprint density at radius 3 is 2.68 bits per heavy atom. The van der Waals surface area contributed by atoms with E-state index in [1.165, 1.54) is 12.1 Å². The standard InChI is InChI=1S/C25H30FN7O/c1-4-10-32-15-19-21(23(32)34)28-24(33-13-12-31-11-9-27-20(31)16-33)29-22(19)30-25(2,3)14-17-5-7-18(26)8-6-17/h5-9,11H,4,10,12-16H2,1-3H3,(H,28,29,30). The van der Waals surface area contributed by atoms with Crippen molar-refractivity contribution in [3.8, 4) is 0 Å². The van der Waals surface area contributed by atoms with Crippen LogP contribution in [0.4, 0.5) is 16.2 Å². The van der Waals surface area contributed by atoms with E-state index in [-0.39, 0.29) is 17.3 Å². The van der Waals surface area contributed by atoms with Crippen LogP contribution >= 0.6 is 0 Å². The van der Waals surface area contributed by atoms with Crippen molar-refractivity contribution in [1.82, 2.24) is 24.4 Å². The van der Waals surface area contributed by atoms with Crippen molar-refractivity contribution >= 4 is 17.7 Å². The number of carbonyl (C=O) groups is 1. The minimum absolute atomic E-state index is 0.0431. The molecule has 2 aromatic heterocycles. The van der Waals surface area contributed by atoms with Crippen LogP contribution < -0.4 is 10.2 Å². The Labute approximate surface area is 198 Å². The number of benzene rings is 1. The lowest BCUT2D eigenvalue weighted by Gasteiger charge is -2.31. The number of hydrogen-bond donors (Lipinski definition) is 1. The molecule has 1 amide bonds. The molecule has 8 nitrogen and oxygen atoms in total. The van der Waals surface area contributed by atoms with Gasteiger partial charge in [0, 0.05) is 43.1 Å². The summed E-state index contributed by atoms with van der Waals surface area (Å²) in [5.74, 6) is 1.90. The lowest BCUT2D eigenvalue weighted by molar-refractivity contribution is 0.0774. The predicted molar refractivity (Wildman–Crippen MR) is 128 cm³/mol. The maximum Gasteiger partial charge on any atom is 0.273 e. The first-order valence-corrected chi connectivity index (χ1v) is 11.8. The molecule has 3 aromatic rings. The van der Waals surface area contributed by atoms with E-state index < -0.39 is 0 Å². The van der Waals surface area contributed by atoms with Gasteiger partial charge in [-0.3, -0.25) is 4.79 Å². The normalized spacial score (nSPS) is 15.5. The molecule has 2 aliphatic heterocycles. The highest BCUT2D eigenvalue weighted by molar-refractivity contribution is 5.98. The van der Waals surface area contributed by atoms with Gasteiger partial charge in [0.15, 0.2) is 0 Å². The third-order valence-electron chi connectivity index (χ3n) is 6.37. The predicted octanol–water partition coefficient (Wildman–Crippen LogP) is 3.63. The molecule has 34 heavy (non-hydrogen) atoms. The summed E-state index contributed by atoms with van der Waals surface area (Å²) in [6.45, 7) is 9.56. The number of amides is 1. The van der Waals surface area contributed by atoms with Gasteiger partial charge in [-0.1, -0.05) is 19.1 Å². The summed E-state index contributed by atoms with van der Waals surface area (Å²) in [6, 6.07) is 6.56. The maximum atomic E-state index is 13.4. The molecule has 5 rings (SSSR count). The van der Waals surface area contributed by atoms with Gasteiger partial charge < -0.3 is 19.7 Å². The number of hydrogen-bond acceptors (Lipinski definition) is 6. The molecule has 0 unspecified atom stereocenters. The van der Waals surface area contributed by atoms with Gasteiger partial charge in [-0.2, -0.15) is 4.98 Å². The zero-order valence-corrected chi connectivity index (χ0v) is 19.9. The summed E-state index contributed by atoms with van der Waals surface area (Å²) >= 11 is 0. The molecular weight excluding hydrogens is 433 g/mol. The molecule has 178 valence electrons. The van der Waals surface area contributed by atoms with Crippen molar-refractivity contribution in [3.05, 3.63) is 65.1 Å². The zero-order chi connectivity index (χ0) is 23.9. The SMILES string of the molecule is CCCN1Cc2c(NC(C)(C)Cc3ccc(F)cc3)nc(N3CCn4ccnc4C3)nc2C1=O. The summed E-state index contributed by atoms with van der Waals surface area (Å²) in [6.07, 6.45) is 5.34. The zero-order valence-electron chi connectivity index (χ0n) is 19.9. The van der Waals surface area contributed by atoms with Crippen molar-refractivity contribution in [2.75, 3.05) is 23.3 Å². The molecule has 9 heteroatoms. The molecule has 0 bridgehead atoms. The highest BCUT2D eigenvalue weighted by atomic mass is 19.1. The van der Waals surface area contributed by atoms with Crippen molar-refractivity contribution in [2.24, 2.45) is 0 Å². The van der Waals surface area contributed by atoms with Crippen LogP contribution in [0.2, 0.25) is 0 Å². The summed E-state index contributed by atoms with van der Waals surface area (Å²) in [4.78, 5) is 31.2. The third kappa shape index (κ3) is 4.34. The number of anilines is 2. The fraction of sp³-hybridized carbons (Fsp3) is 0.440. The first-order chi connectivity index (χ1) is 16.3. The molecule has 0 aliphatic carbocycles. The van der Waals surface area contributed by atoms with Crippen LogP contribution in [0.5, 0.6) is 0 Å². The summed E-state index contributed by atoms with van der Waals surface area (Å²) < 4.78 is 15.5. The Morgan fingerprint density at radius 1 is 1.12 bits per heavy atom. The van der Waals surface area contributed by atoms with Crippen molar-refractivity contribution in [2.45, 2.75) is 58.8 Å². The maximum absolute atomic E-state index is 13.4. The molecule has 1 aromatic carbocycles. The Morgan fingerprint density at radius 2 is 1.91 bits per heavy atom. The number of fused-ring (bicyclic) bond motifs is 2. The van der Waals surface area contributed by atoms with Crippen LogP contribution in [0, 0.1) is 5.82 Å². The fourth-order valence-electron chi connectivity index (χ4n) is 4.73. The number of nitrogens with zero attached hydrogens (tertiary/aromatic N) is 6. The molecule has 2 aliphatic rings. The van der Waals surface area contributed by atoms with Crippen LogP contribution in [0.15, 0.2) is 36.7 Å². The van der Waals surface area contributed by atoms with Gasteiger partial charge in [-0.15, -0.1) is 0 Å². The Balaban J connectivity index is 1.47. The number of imidazole rings is 1. The molecule has 4 heterocycles. The number of rotatable bonds is 7. The first kappa shape index (κ1) is 22.3. The molecular formula is C25H30FN7O. The molecule has 0 spiro atoms. The van der Waals surface area contributed by atoms with E-state index in [1.807, 2.05) is 11.1 Å². The second-order valence-corrected chi connectivity index (χ2v) is 9.70. The van der Waals surface area contributed by atoms with E-state index in [0.29, 0.717) is 43.5 Å². The minimum Gasteiger partial charge on any atom is -0.364 e. The van der Waals surface area contributed by atoms with E-state index in [1.54, 1.807) is 18.3 Å². The van der Waals surface area contributed by atoms with Crippen molar-refractivity contribution in [1.29, 1.82) is 0 Å². The topological polar surface area (TPSA) is 79.2 Å². The summed E-state index contributed by atoms with van der Waals surface area (Å²) in [5.41, 5.74) is 1.97. The van der Waals surface area contributed by atoms with E-state index in [4.69, 9.17) is 9.97 Å². The van der Waals surface area contributed by atoms with Crippen LogP contribution in [0.1, 0.15) is 54.6 Å². The average molecular weight is 464 g/mol. The number of halogens is 1. The number of nitrogens with one attached hydrogen (secondary N) is 1. The number of aromatic nitrogens is 4. The van der Waals surface area contributed by atoms with Gasteiger partial charge in [0.1, 0.15) is 23.2 Å². The Bertz CT molecular complexity index is 1200. The van der Waals surface area contributed by atoms with Gasteiger partial charge in [0.25, 0.3) is 5.91 Å². The van der Waals surface area contributed by atoms with E-state index in [0.717, 1.165) is 36.5 Å². The molecule has 0 saturated carbocycles. The van der Waals surface area contributed by atoms with Gasteiger partial charge in [-0.25, -0.2) is 14.4 Å². The van der Waals surface area contributed by atoms with E-state index >= 15 is 0 Å². The smallest absolute Gasteiger partial charge is 0.273 e. The van der Waals surface area contributed by atoms with Crippen LogP contribution in [-0.4, -0.2) is 49.0 Å². The molecule has 0 radical (unpaired) electrons. The Hall–Kier alpha value is -3.49. The van der Waals surface area contributed by atoms with Gasteiger partial charge in [0.05, 0.1) is 13.1 Å². The van der Waals surface area contributed by atoms with Crippen molar-refractivity contribution < 1.29 is 9.18 Å². The second kappa shape index (κ2) is 8.70. The minimum atomic E-state index is -0.378. The summed E-state index contributed by atoms with van der Waals surface area (Å²) in [7, 11) is 0. The average Bonchev–Trinajstić information content (AvgIpc) is 3.40. The Kier molecular flexibility index (Phi) is 5.71. The third-order valence-corrected chi connectivity index (χ3v) is 6.37. The highest BCUT2D eigenvalue weighted by Crippen LogP contribution is 2.32. The monoisotopic (exact) mass is 463 g/mol. The van der Waals surface area contributed by atoms with Crippen LogP contribution in [0.3, 0.4) is 0 Å². The van der Waals surface area contributed by atoms with Gasteiger partial charge in [0.2, 0.25) is 5.95 Å². The quantitative estimate of drug-likeness (QED) is 0.577. The molecule has 0 atom stereocenters. The van der Waals surface area contributed by atoms with Crippen LogP contribution in [-0.2, 0) is 26.1 Å². The lowest BCUT2D eigenvalue weighted by Crippen LogP contribution is -2.37. The first-order valence-electron chi connectivity index (χ1n) is 11.8. The van der Waals surface area contributed by atoms with E-state index in [2.05, 4.69) is 40.5 Å². The van der Waals surface area contributed by atoms with Gasteiger partial charge in [-0.05, 0) is 44.4 Å². The number of carbonyl (C=O) groups excluding carboxylic acids is 1. The van der Waals surface area contributed by atoms with Crippen LogP contribution in [0.25, 0.3) is 0 Å². The fourth-order valence-corrected chi connectivity index (χ4v) is 4.73. The lowest BCUT2D eigenvalue weighted by atomic mass is 9.94. The molecule has 0 fully saturated rings.